The average molecular weight is 175 g/mol. The number of ether oxygens (including phenoxy) is 2. The number of rotatable bonds is 3. The van der Waals surface area contributed by atoms with Gasteiger partial charge in [-0.3, -0.25) is 4.79 Å². The van der Waals surface area contributed by atoms with Crippen molar-refractivity contribution in [3.63, 3.8) is 0 Å². The van der Waals surface area contributed by atoms with Crippen LogP contribution >= 0.6 is 0 Å². The van der Waals surface area contributed by atoms with Gasteiger partial charge in [0.2, 0.25) is 6.41 Å². The zero-order valence-corrected chi connectivity index (χ0v) is 6.28. The lowest BCUT2D eigenvalue weighted by molar-refractivity contribution is -0.177. The van der Waals surface area contributed by atoms with Crippen molar-refractivity contribution in [2.45, 2.75) is 5.54 Å². The van der Waals surface area contributed by atoms with Crippen LogP contribution in [0.25, 0.3) is 0 Å². The largest absolute Gasteiger partial charge is 0.479 e. The first kappa shape index (κ1) is 8.95. The number of carboxylic acids is 1. The maximum atomic E-state index is 10.7. The van der Waals surface area contributed by atoms with Gasteiger partial charge in [-0.1, -0.05) is 0 Å². The highest BCUT2D eigenvalue weighted by molar-refractivity contribution is 5.82. The number of hydrogen-bond acceptors (Lipinski definition) is 4. The highest BCUT2D eigenvalue weighted by Gasteiger charge is 2.41. The lowest BCUT2D eigenvalue weighted by Crippen LogP contribution is -2.60. The van der Waals surface area contributed by atoms with Crippen LogP contribution in [0, 0.1) is 0 Å². The number of carbonyl (C=O) groups excluding carboxylic acids is 1. The fourth-order valence-corrected chi connectivity index (χ4v) is 0.914. The van der Waals surface area contributed by atoms with E-state index in [9.17, 15) is 9.59 Å². The molecule has 1 aliphatic rings. The van der Waals surface area contributed by atoms with Crippen molar-refractivity contribution in [3.05, 3.63) is 0 Å². The van der Waals surface area contributed by atoms with Crippen molar-refractivity contribution in [1.29, 1.82) is 0 Å². The smallest absolute Gasteiger partial charge is 0.334 e. The van der Waals surface area contributed by atoms with Gasteiger partial charge >= 0.3 is 5.97 Å². The zero-order chi connectivity index (χ0) is 9.03. The van der Waals surface area contributed by atoms with Crippen LogP contribution in [-0.2, 0) is 19.1 Å². The monoisotopic (exact) mass is 175 g/mol. The molecule has 1 rings (SSSR count). The third-order valence-electron chi connectivity index (χ3n) is 1.61. The maximum Gasteiger partial charge on any atom is 0.334 e. The van der Waals surface area contributed by atoms with E-state index in [0.717, 1.165) is 0 Å². The number of nitrogens with one attached hydrogen (secondary N) is 1. The highest BCUT2D eigenvalue weighted by atomic mass is 16.7. The van der Waals surface area contributed by atoms with Crippen LogP contribution in [0.3, 0.4) is 0 Å². The molecule has 6 heteroatoms. The number of carbonyl (C=O) groups is 2. The Balaban J connectivity index is 2.69. The Kier molecular flexibility index (Phi) is 2.61. The van der Waals surface area contributed by atoms with Crippen LogP contribution < -0.4 is 5.32 Å². The van der Waals surface area contributed by atoms with Gasteiger partial charge in [0, 0.05) is 0 Å². The topological polar surface area (TPSA) is 84.9 Å². The van der Waals surface area contributed by atoms with Gasteiger partial charge in [0.1, 0.15) is 6.79 Å². The number of amides is 1. The van der Waals surface area contributed by atoms with E-state index in [1.165, 1.54) is 0 Å². The molecule has 0 unspecified atom stereocenters. The van der Waals surface area contributed by atoms with Crippen LogP contribution in [0.1, 0.15) is 0 Å². The molecule has 0 aliphatic carbocycles. The quantitative estimate of drug-likeness (QED) is 0.513. The maximum absolute atomic E-state index is 10.7. The van der Waals surface area contributed by atoms with E-state index < -0.39 is 11.5 Å². The number of hydrogen-bond donors (Lipinski definition) is 2. The van der Waals surface area contributed by atoms with E-state index in [-0.39, 0.29) is 20.0 Å². The Bertz CT molecular complexity index is 186. The molecule has 0 aromatic carbocycles. The fraction of sp³-hybridized carbons (Fsp3) is 0.667. The van der Waals surface area contributed by atoms with E-state index in [0.29, 0.717) is 6.41 Å². The minimum absolute atomic E-state index is 0.0650. The first-order valence-corrected chi connectivity index (χ1v) is 3.31. The second-order valence-electron chi connectivity index (χ2n) is 2.46. The molecule has 12 heavy (non-hydrogen) atoms. The van der Waals surface area contributed by atoms with Crippen LogP contribution in [0.5, 0.6) is 0 Å². The summed E-state index contributed by atoms with van der Waals surface area (Å²) in [6, 6.07) is 0. The Hall–Kier alpha value is -1.14. The summed E-state index contributed by atoms with van der Waals surface area (Å²) in [4.78, 5) is 20.8. The van der Waals surface area contributed by atoms with Crippen molar-refractivity contribution in [2.24, 2.45) is 0 Å². The van der Waals surface area contributed by atoms with Crippen LogP contribution in [0.2, 0.25) is 0 Å². The number of aliphatic carboxylic acids is 1. The summed E-state index contributed by atoms with van der Waals surface area (Å²) in [6.45, 7) is -0.0717. The Labute approximate surface area is 68.5 Å². The van der Waals surface area contributed by atoms with E-state index in [4.69, 9.17) is 14.6 Å². The van der Waals surface area contributed by atoms with Gasteiger partial charge in [-0.05, 0) is 0 Å². The van der Waals surface area contributed by atoms with Crippen LogP contribution in [0.4, 0.5) is 0 Å². The van der Waals surface area contributed by atoms with Gasteiger partial charge in [0.25, 0.3) is 0 Å². The molecule has 1 amide bonds. The molecule has 0 spiro atoms. The predicted molar refractivity (Wildman–Crippen MR) is 36.3 cm³/mol. The van der Waals surface area contributed by atoms with E-state index in [1.54, 1.807) is 0 Å². The average Bonchev–Trinajstić information content (AvgIpc) is 2.06. The van der Waals surface area contributed by atoms with Crippen molar-refractivity contribution in [1.82, 2.24) is 5.32 Å². The molecule has 1 heterocycles. The predicted octanol–water partition coefficient (Wildman–Crippen LogP) is -1.44. The normalized spacial score (nSPS) is 21.3. The van der Waals surface area contributed by atoms with E-state index in [2.05, 4.69) is 5.32 Å². The summed E-state index contributed by atoms with van der Waals surface area (Å²) >= 11 is 0. The minimum atomic E-state index is -1.42. The minimum Gasteiger partial charge on any atom is -0.479 e. The Morgan fingerprint density at radius 3 is 2.50 bits per heavy atom. The molecule has 0 aromatic heterocycles. The molecule has 0 saturated carbocycles. The molecule has 1 aliphatic heterocycles. The molecule has 68 valence electrons. The lowest BCUT2D eigenvalue weighted by Gasteiger charge is -2.31. The third-order valence-corrected chi connectivity index (χ3v) is 1.61. The van der Waals surface area contributed by atoms with Gasteiger partial charge in [0.05, 0.1) is 13.2 Å². The van der Waals surface area contributed by atoms with Crippen molar-refractivity contribution < 1.29 is 24.2 Å². The molecule has 0 aromatic rings. The molecule has 0 atom stereocenters. The molecule has 1 fully saturated rings. The first-order valence-electron chi connectivity index (χ1n) is 3.31. The van der Waals surface area contributed by atoms with Crippen LogP contribution in [-0.4, -0.2) is 43.0 Å². The second kappa shape index (κ2) is 3.51. The fourth-order valence-electron chi connectivity index (χ4n) is 0.914. The first-order chi connectivity index (χ1) is 5.71. The second-order valence-corrected chi connectivity index (χ2v) is 2.46. The standard InChI is InChI=1S/C6H9NO5/c8-3-7-6(5(9)10)1-11-4-12-2-6/h3H,1-2,4H2,(H,7,8)(H,9,10). The summed E-state index contributed by atoms with van der Waals surface area (Å²) < 4.78 is 9.55. The van der Waals surface area contributed by atoms with Gasteiger partial charge < -0.3 is 19.9 Å². The van der Waals surface area contributed by atoms with Crippen molar-refractivity contribution in [2.75, 3.05) is 20.0 Å². The lowest BCUT2D eigenvalue weighted by atomic mass is 10.0. The summed E-state index contributed by atoms with van der Waals surface area (Å²) in [5.74, 6) is -1.16. The van der Waals surface area contributed by atoms with Gasteiger partial charge in [-0.2, -0.15) is 0 Å². The molecule has 0 bridgehead atoms. The Morgan fingerprint density at radius 2 is 2.08 bits per heavy atom. The summed E-state index contributed by atoms with van der Waals surface area (Å²) in [6.07, 6.45) is 0.326. The zero-order valence-electron chi connectivity index (χ0n) is 6.28. The summed E-state index contributed by atoms with van der Waals surface area (Å²) in [7, 11) is 0. The van der Waals surface area contributed by atoms with Crippen molar-refractivity contribution in [3.8, 4) is 0 Å². The molecular weight excluding hydrogens is 166 g/mol. The van der Waals surface area contributed by atoms with Gasteiger partial charge in [-0.15, -0.1) is 0 Å². The SMILES string of the molecule is O=CNC1(C(=O)O)COCOC1. The highest BCUT2D eigenvalue weighted by Crippen LogP contribution is 2.11. The number of carboxylic acid groups (broad SMARTS) is 1. The summed E-state index contributed by atoms with van der Waals surface area (Å²) in [5, 5.41) is 10.9. The molecular formula is C6H9NO5. The molecule has 0 radical (unpaired) electrons. The molecule has 1 saturated heterocycles. The van der Waals surface area contributed by atoms with Crippen molar-refractivity contribution >= 4 is 12.4 Å². The van der Waals surface area contributed by atoms with Gasteiger partial charge in [-0.25, -0.2) is 4.79 Å². The van der Waals surface area contributed by atoms with Crippen LogP contribution in [0.15, 0.2) is 0 Å². The molecule has 6 nitrogen and oxygen atoms in total. The summed E-state index contributed by atoms with van der Waals surface area (Å²) in [5.41, 5.74) is -1.42. The Morgan fingerprint density at radius 1 is 1.50 bits per heavy atom. The van der Waals surface area contributed by atoms with Gasteiger partial charge in [0.15, 0.2) is 5.54 Å². The third kappa shape index (κ3) is 1.54. The van der Waals surface area contributed by atoms with E-state index >= 15 is 0 Å². The molecule has 2 N–H and O–H groups in total. The van der Waals surface area contributed by atoms with E-state index in [1.807, 2.05) is 0 Å².